The third kappa shape index (κ3) is 7.01. The van der Waals surface area contributed by atoms with E-state index in [9.17, 15) is 23.1 Å². The number of carbonyl (C=O) groups is 2. The maximum absolute atomic E-state index is 11.6. The lowest BCUT2D eigenvalue weighted by Gasteiger charge is -2.19. The molecule has 1 amide bonds. The van der Waals surface area contributed by atoms with Crippen LogP contribution in [-0.2, 0) is 16.1 Å². The zero-order chi connectivity index (χ0) is 25.6. The predicted octanol–water partition coefficient (Wildman–Crippen LogP) is -0.553. The second-order valence-electron chi connectivity index (χ2n) is 8.14. The second kappa shape index (κ2) is 11.3. The van der Waals surface area contributed by atoms with Crippen LogP contribution >= 0.6 is 0 Å². The SMILES string of the molecule is NC(=O)c1cccc2cn(-c3ccc(C[NH+]4CCOCC(CO)C4)cc3)nc12.O=C([O-])C(F)(F)F. The first-order valence-corrected chi connectivity index (χ1v) is 10.8. The number of aliphatic carboxylic acids is 1. The summed E-state index contributed by atoms with van der Waals surface area (Å²) in [5.41, 5.74) is 8.65. The number of amides is 1. The molecule has 1 saturated heterocycles. The number of nitrogens with two attached hydrogens (primary N) is 1. The molecule has 9 nitrogen and oxygen atoms in total. The fraction of sp³-hybridized carbons (Fsp3) is 0.348. The Kier molecular flexibility index (Phi) is 8.43. The van der Waals surface area contributed by atoms with Crippen molar-refractivity contribution in [3.8, 4) is 5.69 Å². The minimum atomic E-state index is -5.19. The molecular formula is C23H25F3N4O5. The fourth-order valence-electron chi connectivity index (χ4n) is 3.75. The van der Waals surface area contributed by atoms with Crippen molar-refractivity contribution in [1.82, 2.24) is 9.78 Å². The van der Waals surface area contributed by atoms with Crippen molar-refractivity contribution < 1.29 is 42.6 Å². The number of ether oxygens (including phenoxy) is 1. The quantitative estimate of drug-likeness (QED) is 0.436. The molecule has 4 N–H and O–H groups in total. The fourth-order valence-corrected chi connectivity index (χ4v) is 3.75. The van der Waals surface area contributed by atoms with E-state index in [2.05, 4.69) is 17.2 Å². The number of benzene rings is 2. The smallest absolute Gasteiger partial charge is 0.430 e. The second-order valence-corrected chi connectivity index (χ2v) is 8.14. The number of hydrogen-bond acceptors (Lipinski definition) is 6. The van der Waals surface area contributed by atoms with Crippen LogP contribution in [0.25, 0.3) is 16.6 Å². The Morgan fingerprint density at radius 1 is 1.23 bits per heavy atom. The molecule has 2 atom stereocenters. The average molecular weight is 494 g/mol. The monoisotopic (exact) mass is 494 g/mol. The third-order valence-electron chi connectivity index (χ3n) is 5.48. The van der Waals surface area contributed by atoms with Gasteiger partial charge in [-0.05, 0) is 18.2 Å². The number of nitrogens with zero attached hydrogens (tertiary/aromatic N) is 2. The van der Waals surface area contributed by atoms with Crippen LogP contribution in [0.3, 0.4) is 0 Å². The van der Waals surface area contributed by atoms with Gasteiger partial charge in [-0.1, -0.05) is 24.3 Å². The highest BCUT2D eigenvalue weighted by Gasteiger charge is 2.28. The van der Waals surface area contributed by atoms with Gasteiger partial charge in [0.1, 0.15) is 24.6 Å². The average Bonchev–Trinajstić information content (AvgIpc) is 3.12. The zero-order valence-corrected chi connectivity index (χ0v) is 18.6. The van der Waals surface area contributed by atoms with Crippen molar-refractivity contribution in [2.45, 2.75) is 12.7 Å². The number of carbonyl (C=O) groups excluding carboxylic acids is 2. The minimum absolute atomic E-state index is 0.169. The standard InChI is InChI=1S/C21H24N4O3.C2HF3O2/c22-21(27)19-3-1-2-17-12-25(23-20(17)19)18-6-4-15(5-7-18)10-24-8-9-28-14-16(11-24)13-26;3-2(4,5)1(6)7/h1-7,12,16,26H,8-11,13-14H2,(H2,22,27);(H,6,7). The van der Waals surface area contributed by atoms with E-state index in [0.29, 0.717) is 17.7 Å². The molecule has 1 fully saturated rings. The van der Waals surface area contributed by atoms with Crippen LogP contribution in [0.4, 0.5) is 13.2 Å². The Morgan fingerprint density at radius 3 is 2.51 bits per heavy atom. The zero-order valence-electron chi connectivity index (χ0n) is 18.6. The molecule has 0 bridgehead atoms. The van der Waals surface area contributed by atoms with Crippen molar-refractivity contribution >= 4 is 22.8 Å². The number of carboxylic acid groups (broad SMARTS) is 1. The molecule has 4 rings (SSSR count). The van der Waals surface area contributed by atoms with E-state index in [1.807, 2.05) is 30.5 Å². The van der Waals surface area contributed by atoms with Crippen molar-refractivity contribution in [1.29, 1.82) is 0 Å². The maximum atomic E-state index is 11.6. The van der Waals surface area contributed by atoms with Crippen molar-refractivity contribution in [3.63, 3.8) is 0 Å². The van der Waals surface area contributed by atoms with Crippen LogP contribution in [-0.4, -0.2) is 65.8 Å². The van der Waals surface area contributed by atoms with Gasteiger partial charge in [-0.15, -0.1) is 0 Å². The van der Waals surface area contributed by atoms with Gasteiger partial charge in [-0.25, -0.2) is 4.68 Å². The van der Waals surface area contributed by atoms with Crippen LogP contribution < -0.4 is 15.7 Å². The van der Waals surface area contributed by atoms with E-state index in [1.165, 1.54) is 10.5 Å². The molecule has 35 heavy (non-hydrogen) atoms. The molecule has 0 spiro atoms. The van der Waals surface area contributed by atoms with Gasteiger partial charge < -0.3 is 30.4 Å². The van der Waals surface area contributed by atoms with E-state index in [1.54, 1.807) is 10.7 Å². The third-order valence-corrected chi connectivity index (χ3v) is 5.48. The summed E-state index contributed by atoms with van der Waals surface area (Å²) in [5.74, 6) is -3.28. The number of nitrogens with one attached hydrogen (secondary N) is 1. The number of rotatable bonds is 5. The minimum Gasteiger partial charge on any atom is -0.542 e. The van der Waals surface area contributed by atoms with Crippen LogP contribution in [0.2, 0.25) is 0 Å². The Balaban J connectivity index is 0.000000429. The Hall–Kier alpha value is -3.48. The highest BCUT2D eigenvalue weighted by molar-refractivity contribution is 6.04. The molecule has 1 aliphatic heterocycles. The van der Waals surface area contributed by atoms with E-state index in [-0.39, 0.29) is 12.5 Å². The first-order valence-electron chi connectivity index (χ1n) is 10.8. The van der Waals surface area contributed by atoms with Crippen molar-refractivity contribution in [2.24, 2.45) is 11.7 Å². The van der Waals surface area contributed by atoms with Gasteiger partial charge in [0.15, 0.2) is 0 Å². The number of quaternary nitrogens is 1. The summed E-state index contributed by atoms with van der Waals surface area (Å²) in [6.07, 6.45) is -3.29. The van der Waals surface area contributed by atoms with Gasteiger partial charge in [0.2, 0.25) is 0 Å². The normalized spacial score (nSPS) is 18.4. The van der Waals surface area contributed by atoms with E-state index in [4.69, 9.17) is 20.4 Å². The van der Waals surface area contributed by atoms with Crippen LogP contribution in [0.15, 0.2) is 48.7 Å². The lowest BCUT2D eigenvalue weighted by molar-refractivity contribution is -0.915. The lowest BCUT2D eigenvalue weighted by Crippen LogP contribution is -3.11. The number of alkyl halides is 3. The maximum Gasteiger partial charge on any atom is 0.430 e. The topological polar surface area (TPSA) is 135 Å². The lowest BCUT2D eigenvalue weighted by atomic mass is 10.1. The number of aromatic nitrogens is 2. The molecular weight excluding hydrogens is 469 g/mol. The van der Waals surface area contributed by atoms with Gasteiger partial charge in [-0.3, -0.25) is 4.79 Å². The van der Waals surface area contributed by atoms with Gasteiger partial charge in [0.05, 0.1) is 43.5 Å². The molecule has 2 heterocycles. The summed E-state index contributed by atoms with van der Waals surface area (Å²) >= 11 is 0. The summed E-state index contributed by atoms with van der Waals surface area (Å²) in [6.45, 7) is 4.29. The Morgan fingerprint density at radius 2 is 1.91 bits per heavy atom. The van der Waals surface area contributed by atoms with E-state index >= 15 is 0 Å². The van der Waals surface area contributed by atoms with Crippen LogP contribution in [0.1, 0.15) is 15.9 Å². The summed E-state index contributed by atoms with van der Waals surface area (Å²) in [7, 11) is 0. The number of carboxylic acids is 1. The number of aliphatic hydroxyl groups is 1. The van der Waals surface area contributed by atoms with Crippen molar-refractivity contribution in [2.75, 3.05) is 32.9 Å². The summed E-state index contributed by atoms with van der Waals surface area (Å²) < 4.78 is 38.9. The predicted molar refractivity (Wildman–Crippen MR) is 116 cm³/mol. The molecule has 188 valence electrons. The summed E-state index contributed by atoms with van der Waals surface area (Å²) in [5, 5.41) is 23.7. The first-order chi connectivity index (χ1) is 16.6. The Labute approximate surface area is 198 Å². The molecule has 2 unspecified atom stereocenters. The Bertz CT molecular complexity index is 1160. The molecule has 1 aromatic heterocycles. The van der Waals surface area contributed by atoms with Crippen LogP contribution in [0.5, 0.6) is 0 Å². The molecule has 3 aromatic rings. The molecule has 0 aliphatic carbocycles. The number of fused-ring (bicyclic) bond motifs is 1. The van der Waals surface area contributed by atoms with E-state index < -0.39 is 18.1 Å². The summed E-state index contributed by atoms with van der Waals surface area (Å²) in [4.78, 5) is 21.8. The van der Waals surface area contributed by atoms with Gasteiger partial charge >= 0.3 is 6.18 Å². The van der Waals surface area contributed by atoms with Gasteiger partial charge in [0.25, 0.3) is 5.91 Å². The number of primary amides is 1. The highest BCUT2D eigenvalue weighted by atomic mass is 19.4. The van der Waals surface area contributed by atoms with Crippen LogP contribution in [0, 0.1) is 5.92 Å². The van der Waals surface area contributed by atoms with Crippen molar-refractivity contribution in [3.05, 3.63) is 59.8 Å². The highest BCUT2D eigenvalue weighted by Crippen LogP contribution is 2.19. The summed E-state index contributed by atoms with van der Waals surface area (Å²) in [6, 6.07) is 13.7. The molecule has 1 aliphatic rings. The molecule has 0 saturated carbocycles. The number of aliphatic hydroxyl groups excluding tert-OH is 1. The van der Waals surface area contributed by atoms with Gasteiger partial charge in [0, 0.05) is 17.1 Å². The van der Waals surface area contributed by atoms with E-state index in [0.717, 1.165) is 37.3 Å². The largest absolute Gasteiger partial charge is 0.542 e. The molecule has 12 heteroatoms. The number of halogens is 3. The van der Waals surface area contributed by atoms with Gasteiger partial charge in [-0.2, -0.15) is 18.3 Å². The molecule has 2 aromatic carbocycles. The number of hydrogen-bond donors (Lipinski definition) is 3. The first kappa shape index (κ1) is 26.1. The molecule has 0 radical (unpaired) electrons.